The zero-order valence-electron chi connectivity index (χ0n) is 13.7. The van der Waals surface area contributed by atoms with E-state index in [2.05, 4.69) is 5.32 Å². The molecule has 0 heterocycles. The van der Waals surface area contributed by atoms with Crippen molar-refractivity contribution in [3.63, 3.8) is 0 Å². The minimum Gasteiger partial charge on any atom is -0.325 e. The van der Waals surface area contributed by atoms with Crippen molar-refractivity contribution in [2.45, 2.75) is 6.54 Å². The molecule has 0 aliphatic carbocycles. The molecule has 134 valence electrons. The minimum atomic E-state index is -0.499. The third-order valence-electron chi connectivity index (χ3n) is 3.47. The van der Waals surface area contributed by atoms with Crippen molar-refractivity contribution >= 4 is 40.5 Å². The van der Waals surface area contributed by atoms with Gasteiger partial charge in [-0.15, -0.1) is 0 Å². The number of non-ortho nitro benzene ring substituents is 1. The highest BCUT2D eigenvalue weighted by molar-refractivity contribution is 6.32. The maximum atomic E-state index is 12.1. The summed E-state index contributed by atoms with van der Waals surface area (Å²) in [5.74, 6) is -0.296. The van der Waals surface area contributed by atoms with Crippen molar-refractivity contribution in [3.05, 3.63) is 67.7 Å². The summed E-state index contributed by atoms with van der Waals surface area (Å²) < 4.78 is 0. The minimum absolute atomic E-state index is 0.0383. The third-order valence-corrected chi connectivity index (χ3v) is 4.15. The first-order valence-corrected chi connectivity index (χ1v) is 8.16. The SMILES string of the molecule is CN(CC(=O)Nc1ccc(C#N)c(Cl)c1)Cc1cc([N+](=O)[O-])ccc1Cl. The van der Waals surface area contributed by atoms with E-state index in [0.29, 0.717) is 21.8 Å². The standard InChI is InChI=1S/C17H14Cl2N4O3/c1-22(9-12-6-14(23(25)26)4-5-15(12)18)10-17(24)21-13-3-2-11(8-20)16(19)7-13/h2-7H,9-10H2,1H3,(H,21,24). The number of likely N-dealkylation sites (N-methyl/N-ethyl adjacent to an activating group) is 1. The molecule has 0 atom stereocenters. The van der Waals surface area contributed by atoms with Crippen LogP contribution in [-0.2, 0) is 11.3 Å². The fourth-order valence-corrected chi connectivity index (χ4v) is 2.67. The molecule has 0 bridgehead atoms. The number of nitrogens with one attached hydrogen (secondary N) is 1. The Kier molecular flexibility index (Phi) is 6.52. The number of nitro benzene ring substituents is 1. The number of hydrogen-bond acceptors (Lipinski definition) is 5. The van der Waals surface area contributed by atoms with Gasteiger partial charge in [0.15, 0.2) is 0 Å². The number of nitriles is 1. The second-order valence-electron chi connectivity index (χ2n) is 5.56. The van der Waals surface area contributed by atoms with Crippen molar-refractivity contribution in [2.75, 3.05) is 18.9 Å². The number of nitrogens with zero attached hydrogens (tertiary/aromatic N) is 3. The van der Waals surface area contributed by atoms with Gasteiger partial charge in [-0.25, -0.2) is 0 Å². The van der Waals surface area contributed by atoms with E-state index in [9.17, 15) is 14.9 Å². The van der Waals surface area contributed by atoms with Crippen LogP contribution >= 0.6 is 23.2 Å². The average molecular weight is 393 g/mol. The first-order chi connectivity index (χ1) is 12.3. The van der Waals surface area contributed by atoms with E-state index in [1.54, 1.807) is 18.0 Å². The van der Waals surface area contributed by atoms with Gasteiger partial charge in [-0.3, -0.25) is 19.8 Å². The molecule has 2 rings (SSSR count). The summed E-state index contributed by atoms with van der Waals surface area (Å²) in [6.07, 6.45) is 0. The van der Waals surface area contributed by atoms with Crippen LogP contribution in [0.3, 0.4) is 0 Å². The summed E-state index contributed by atoms with van der Waals surface area (Å²) in [6, 6.07) is 10.7. The number of hydrogen-bond donors (Lipinski definition) is 1. The molecule has 7 nitrogen and oxygen atoms in total. The number of halogens is 2. The molecule has 0 unspecified atom stereocenters. The van der Waals surface area contributed by atoms with Gasteiger partial charge in [0.1, 0.15) is 6.07 Å². The zero-order valence-corrected chi connectivity index (χ0v) is 15.2. The predicted octanol–water partition coefficient (Wildman–Crippen LogP) is 3.84. The number of amides is 1. The number of carbonyl (C=O) groups excluding carboxylic acids is 1. The van der Waals surface area contributed by atoms with Crippen LogP contribution in [0.25, 0.3) is 0 Å². The lowest BCUT2D eigenvalue weighted by atomic mass is 10.2. The van der Waals surface area contributed by atoms with Crippen molar-refractivity contribution in [2.24, 2.45) is 0 Å². The molecule has 1 N–H and O–H groups in total. The number of benzene rings is 2. The molecule has 0 aliphatic heterocycles. The highest BCUT2D eigenvalue weighted by Crippen LogP contribution is 2.23. The number of nitro groups is 1. The molecule has 0 saturated heterocycles. The first kappa shape index (κ1) is 19.7. The number of anilines is 1. The van der Waals surface area contributed by atoms with Crippen LogP contribution in [0, 0.1) is 21.4 Å². The van der Waals surface area contributed by atoms with Crippen molar-refractivity contribution < 1.29 is 9.72 Å². The Labute approximate surface area is 159 Å². The van der Waals surface area contributed by atoms with Gasteiger partial charge in [-0.2, -0.15) is 5.26 Å². The molecule has 0 aliphatic rings. The fourth-order valence-electron chi connectivity index (χ4n) is 2.27. The van der Waals surface area contributed by atoms with Crippen LogP contribution in [0.2, 0.25) is 10.0 Å². The third kappa shape index (κ3) is 5.17. The molecule has 0 aromatic heterocycles. The van der Waals surface area contributed by atoms with Gasteiger partial charge in [0, 0.05) is 29.4 Å². The molecular weight excluding hydrogens is 379 g/mol. The summed E-state index contributed by atoms with van der Waals surface area (Å²) >= 11 is 12.0. The van der Waals surface area contributed by atoms with E-state index < -0.39 is 4.92 Å². The molecule has 0 fully saturated rings. The van der Waals surface area contributed by atoms with Crippen molar-refractivity contribution in [3.8, 4) is 6.07 Å². The monoisotopic (exact) mass is 392 g/mol. The van der Waals surface area contributed by atoms with Gasteiger partial charge in [0.2, 0.25) is 5.91 Å². The summed E-state index contributed by atoms with van der Waals surface area (Å²) in [6.45, 7) is 0.304. The maximum Gasteiger partial charge on any atom is 0.269 e. The molecule has 26 heavy (non-hydrogen) atoms. The summed E-state index contributed by atoms with van der Waals surface area (Å²) in [7, 11) is 1.69. The highest BCUT2D eigenvalue weighted by Gasteiger charge is 2.14. The van der Waals surface area contributed by atoms with Gasteiger partial charge in [-0.05, 0) is 36.9 Å². The van der Waals surface area contributed by atoms with Gasteiger partial charge in [0.25, 0.3) is 5.69 Å². The molecule has 2 aromatic rings. The van der Waals surface area contributed by atoms with Crippen LogP contribution in [0.15, 0.2) is 36.4 Å². The van der Waals surface area contributed by atoms with E-state index in [1.807, 2.05) is 6.07 Å². The Morgan fingerprint density at radius 3 is 2.62 bits per heavy atom. The van der Waals surface area contributed by atoms with E-state index in [1.165, 1.54) is 30.3 Å². The van der Waals surface area contributed by atoms with Crippen LogP contribution < -0.4 is 5.32 Å². The molecule has 0 saturated carbocycles. The van der Waals surface area contributed by atoms with Gasteiger partial charge in [-0.1, -0.05) is 23.2 Å². The van der Waals surface area contributed by atoms with Gasteiger partial charge >= 0.3 is 0 Å². The summed E-state index contributed by atoms with van der Waals surface area (Å²) in [5, 5.41) is 23.0. The Hall–Kier alpha value is -2.66. The Morgan fingerprint density at radius 1 is 1.27 bits per heavy atom. The van der Waals surface area contributed by atoms with E-state index in [-0.39, 0.29) is 29.7 Å². The van der Waals surface area contributed by atoms with E-state index in [4.69, 9.17) is 28.5 Å². The first-order valence-electron chi connectivity index (χ1n) is 7.41. The second kappa shape index (κ2) is 8.63. The normalized spacial score (nSPS) is 10.4. The lowest BCUT2D eigenvalue weighted by molar-refractivity contribution is -0.384. The molecule has 9 heteroatoms. The fraction of sp³-hybridized carbons (Fsp3) is 0.176. The topological polar surface area (TPSA) is 99.3 Å². The number of carbonyl (C=O) groups is 1. The molecule has 0 radical (unpaired) electrons. The summed E-state index contributed by atoms with van der Waals surface area (Å²) in [5.41, 5.74) is 1.29. The molecular formula is C17H14Cl2N4O3. The van der Waals surface area contributed by atoms with Crippen LogP contribution in [0.4, 0.5) is 11.4 Å². The Balaban J connectivity index is 1.99. The van der Waals surface area contributed by atoms with Gasteiger partial charge < -0.3 is 5.32 Å². The Morgan fingerprint density at radius 2 is 2.00 bits per heavy atom. The average Bonchev–Trinajstić information content (AvgIpc) is 2.56. The predicted molar refractivity (Wildman–Crippen MR) is 99.2 cm³/mol. The van der Waals surface area contributed by atoms with E-state index >= 15 is 0 Å². The van der Waals surface area contributed by atoms with Crippen molar-refractivity contribution in [1.82, 2.24) is 4.90 Å². The van der Waals surface area contributed by atoms with Crippen LogP contribution in [0.5, 0.6) is 0 Å². The second-order valence-corrected chi connectivity index (χ2v) is 6.37. The smallest absolute Gasteiger partial charge is 0.269 e. The lowest BCUT2D eigenvalue weighted by Crippen LogP contribution is -2.30. The van der Waals surface area contributed by atoms with E-state index in [0.717, 1.165) is 0 Å². The largest absolute Gasteiger partial charge is 0.325 e. The van der Waals surface area contributed by atoms with Crippen LogP contribution in [0.1, 0.15) is 11.1 Å². The molecule has 2 aromatic carbocycles. The molecule has 1 amide bonds. The quantitative estimate of drug-likeness (QED) is 0.594. The zero-order chi connectivity index (χ0) is 19.3. The van der Waals surface area contributed by atoms with Crippen molar-refractivity contribution in [1.29, 1.82) is 5.26 Å². The maximum absolute atomic E-state index is 12.1. The lowest BCUT2D eigenvalue weighted by Gasteiger charge is -2.17. The summed E-state index contributed by atoms with van der Waals surface area (Å²) in [4.78, 5) is 24.2. The number of rotatable bonds is 6. The molecule has 0 spiro atoms. The Bertz CT molecular complexity index is 896. The van der Waals surface area contributed by atoms with Gasteiger partial charge in [0.05, 0.1) is 22.1 Å². The highest BCUT2D eigenvalue weighted by atomic mass is 35.5. The van der Waals surface area contributed by atoms with Crippen LogP contribution in [-0.4, -0.2) is 29.3 Å².